The Balaban J connectivity index is 1.33. The minimum atomic E-state index is -0.738. The second-order valence-corrected chi connectivity index (χ2v) is 8.98. The van der Waals surface area contributed by atoms with E-state index in [0.29, 0.717) is 24.4 Å². The number of nitrogens with one attached hydrogen (secondary N) is 1. The lowest BCUT2D eigenvalue weighted by molar-refractivity contribution is -0.120. The molecule has 2 aromatic carbocycles. The van der Waals surface area contributed by atoms with E-state index in [9.17, 15) is 15.0 Å². The molecule has 1 aliphatic carbocycles. The molecule has 3 aromatic rings. The molecule has 1 aromatic heterocycles. The Hall–Kier alpha value is -3.60. The van der Waals surface area contributed by atoms with Gasteiger partial charge in [-0.25, -0.2) is 4.98 Å². The summed E-state index contributed by atoms with van der Waals surface area (Å²) in [6, 6.07) is 15.8. The van der Waals surface area contributed by atoms with Crippen molar-refractivity contribution < 1.29 is 19.7 Å². The number of aliphatic hydroxyl groups is 2. The van der Waals surface area contributed by atoms with Crippen LogP contribution in [0.5, 0.6) is 5.75 Å². The number of ether oxygens (including phenoxy) is 1. The van der Waals surface area contributed by atoms with Crippen molar-refractivity contribution >= 4 is 5.91 Å². The summed E-state index contributed by atoms with van der Waals surface area (Å²) in [5.41, 5.74) is 2.99. The van der Waals surface area contributed by atoms with Crippen molar-refractivity contribution in [2.75, 3.05) is 13.2 Å². The van der Waals surface area contributed by atoms with Gasteiger partial charge in [0.05, 0.1) is 13.2 Å². The normalized spacial score (nSPS) is 18.5. The highest BCUT2D eigenvalue weighted by Crippen LogP contribution is 2.29. The molecule has 0 bridgehead atoms. The first-order chi connectivity index (χ1) is 16.9. The average Bonchev–Trinajstić information content (AvgIpc) is 3.32. The summed E-state index contributed by atoms with van der Waals surface area (Å²) in [5, 5.41) is 22.6. The van der Waals surface area contributed by atoms with Crippen LogP contribution in [0.15, 0.2) is 60.9 Å². The predicted molar refractivity (Wildman–Crippen MR) is 134 cm³/mol. The third-order valence-corrected chi connectivity index (χ3v) is 6.17. The zero-order chi connectivity index (χ0) is 24.8. The molecule has 1 aliphatic rings. The second kappa shape index (κ2) is 11.2. The third-order valence-electron chi connectivity index (χ3n) is 6.17. The van der Waals surface area contributed by atoms with Gasteiger partial charge in [0.15, 0.2) is 0 Å². The summed E-state index contributed by atoms with van der Waals surface area (Å²) >= 11 is 0. The highest BCUT2D eigenvalue weighted by molar-refractivity contribution is 5.73. The van der Waals surface area contributed by atoms with Gasteiger partial charge in [-0.1, -0.05) is 36.1 Å². The van der Waals surface area contributed by atoms with E-state index in [1.54, 1.807) is 30.8 Å². The Labute approximate surface area is 205 Å². The van der Waals surface area contributed by atoms with Gasteiger partial charge >= 0.3 is 0 Å². The fourth-order valence-electron chi connectivity index (χ4n) is 4.26. The average molecular weight is 474 g/mol. The van der Waals surface area contributed by atoms with E-state index in [0.717, 1.165) is 35.3 Å². The lowest BCUT2D eigenvalue weighted by atomic mass is 9.81. The number of rotatable bonds is 8. The summed E-state index contributed by atoms with van der Waals surface area (Å²) in [6.07, 6.45) is 4.50. The van der Waals surface area contributed by atoms with E-state index in [2.05, 4.69) is 22.1 Å². The van der Waals surface area contributed by atoms with E-state index in [-0.39, 0.29) is 12.5 Å². The molecule has 0 unspecified atom stereocenters. The van der Waals surface area contributed by atoms with E-state index in [1.165, 1.54) is 0 Å². The van der Waals surface area contributed by atoms with Gasteiger partial charge in [-0.3, -0.25) is 4.79 Å². The minimum Gasteiger partial charge on any atom is -0.493 e. The third kappa shape index (κ3) is 6.30. The maximum atomic E-state index is 11.1. The largest absolute Gasteiger partial charge is 0.493 e. The molecule has 1 heterocycles. The van der Waals surface area contributed by atoms with Crippen molar-refractivity contribution in [3.8, 4) is 28.7 Å². The maximum absolute atomic E-state index is 11.1. The molecule has 182 valence electrons. The van der Waals surface area contributed by atoms with Crippen molar-refractivity contribution in [1.29, 1.82) is 0 Å². The Morgan fingerprint density at radius 1 is 1.17 bits per heavy atom. The lowest BCUT2D eigenvalue weighted by Gasteiger charge is -2.35. The molecule has 0 radical (unpaired) electrons. The van der Waals surface area contributed by atoms with Crippen LogP contribution in [0.4, 0.5) is 0 Å². The molecule has 4 rings (SSSR count). The SMILES string of the molecule is CC(=O)NC1CC(COc2ccc(-c3ccc(C#C[C@@H](CO)n4ccnc4[C@H](C)O)cc3)cc2)C1. The highest BCUT2D eigenvalue weighted by atomic mass is 16.5. The molecule has 7 heteroatoms. The van der Waals surface area contributed by atoms with E-state index in [1.807, 2.05) is 48.5 Å². The van der Waals surface area contributed by atoms with Crippen LogP contribution in [0.1, 0.15) is 50.2 Å². The van der Waals surface area contributed by atoms with Gasteiger partial charge < -0.3 is 24.8 Å². The van der Waals surface area contributed by atoms with E-state index in [4.69, 9.17) is 4.74 Å². The Morgan fingerprint density at radius 3 is 2.43 bits per heavy atom. The van der Waals surface area contributed by atoms with Gasteiger partial charge in [0.25, 0.3) is 0 Å². The van der Waals surface area contributed by atoms with Gasteiger partial charge in [-0.05, 0) is 61.1 Å². The molecular formula is C28H31N3O4. The van der Waals surface area contributed by atoms with Crippen molar-refractivity contribution in [3.05, 3.63) is 72.3 Å². The molecule has 1 saturated carbocycles. The quantitative estimate of drug-likeness (QED) is 0.435. The summed E-state index contributed by atoms with van der Waals surface area (Å²) < 4.78 is 7.61. The Kier molecular flexibility index (Phi) is 7.86. The number of carbonyl (C=O) groups is 1. The molecule has 0 spiro atoms. The number of amides is 1. The van der Waals surface area contributed by atoms with Crippen LogP contribution >= 0.6 is 0 Å². The number of carbonyl (C=O) groups excluding carboxylic acids is 1. The van der Waals surface area contributed by atoms with Gasteiger partial charge in [-0.15, -0.1) is 0 Å². The fourth-order valence-corrected chi connectivity index (χ4v) is 4.26. The zero-order valence-electron chi connectivity index (χ0n) is 20.0. The Morgan fingerprint density at radius 2 is 1.83 bits per heavy atom. The fraction of sp³-hybridized carbons (Fsp3) is 0.357. The number of hydrogen-bond acceptors (Lipinski definition) is 5. The molecule has 1 fully saturated rings. The topological polar surface area (TPSA) is 96.6 Å². The first-order valence-electron chi connectivity index (χ1n) is 11.9. The van der Waals surface area contributed by atoms with Crippen LogP contribution in [0.3, 0.4) is 0 Å². The first-order valence-corrected chi connectivity index (χ1v) is 11.9. The molecule has 3 N–H and O–H groups in total. The summed E-state index contributed by atoms with van der Waals surface area (Å²) in [5.74, 6) is 8.00. The molecule has 2 atom stereocenters. The summed E-state index contributed by atoms with van der Waals surface area (Å²) in [6.45, 7) is 3.68. The number of nitrogens with zero attached hydrogens (tertiary/aromatic N) is 2. The van der Waals surface area contributed by atoms with Gasteiger partial charge in [0.2, 0.25) is 5.91 Å². The van der Waals surface area contributed by atoms with Gasteiger partial charge in [0, 0.05) is 30.9 Å². The van der Waals surface area contributed by atoms with E-state index >= 15 is 0 Å². The van der Waals surface area contributed by atoms with Crippen molar-refractivity contribution in [1.82, 2.24) is 14.9 Å². The number of aromatic nitrogens is 2. The van der Waals surface area contributed by atoms with Crippen LogP contribution in [0.2, 0.25) is 0 Å². The number of imidazole rings is 1. The smallest absolute Gasteiger partial charge is 0.217 e. The van der Waals surface area contributed by atoms with E-state index < -0.39 is 12.1 Å². The van der Waals surface area contributed by atoms with Crippen LogP contribution < -0.4 is 10.1 Å². The number of hydrogen-bond donors (Lipinski definition) is 3. The summed E-state index contributed by atoms with van der Waals surface area (Å²) in [4.78, 5) is 15.2. The number of aliphatic hydroxyl groups excluding tert-OH is 2. The molecule has 35 heavy (non-hydrogen) atoms. The summed E-state index contributed by atoms with van der Waals surface area (Å²) in [7, 11) is 0. The Bertz CT molecular complexity index is 1180. The predicted octanol–water partition coefficient (Wildman–Crippen LogP) is 3.48. The lowest BCUT2D eigenvalue weighted by Crippen LogP contribution is -2.45. The minimum absolute atomic E-state index is 0.0279. The maximum Gasteiger partial charge on any atom is 0.217 e. The van der Waals surface area contributed by atoms with Crippen LogP contribution in [0, 0.1) is 17.8 Å². The monoisotopic (exact) mass is 473 g/mol. The zero-order valence-corrected chi connectivity index (χ0v) is 20.0. The molecule has 7 nitrogen and oxygen atoms in total. The van der Waals surface area contributed by atoms with Crippen LogP contribution in [-0.2, 0) is 4.79 Å². The molecule has 1 amide bonds. The van der Waals surface area contributed by atoms with Crippen molar-refractivity contribution in [2.24, 2.45) is 5.92 Å². The van der Waals surface area contributed by atoms with Gasteiger partial charge in [0.1, 0.15) is 23.7 Å². The van der Waals surface area contributed by atoms with Crippen LogP contribution in [-0.4, -0.2) is 44.9 Å². The molecular weight excluding hydrogens is 442 g/mol. The highest BCUT2D eigenvalue weighted by Gasteiger charge is 2.30. The van der Waals surface area contributed by atoms with Crippen molar-refractivity contribution in [3.63, 3.8) is 0 Å². The molecule has 0 saturated heterocycles. The second-order valence-electron chi connectivity index (χ2n) is 8.98. The van der Waals surface area contributed by atoms with Crippen LogP contribution in [0.25, 0.3) is 11.1 Å². The van der Waals surface area contributed by atoms with Crippen molar-refractivity contribution in [2.45, 2.75) is 44.9 Å². The first kappa shape index (κ1) is 24.5. The standard InChI is InChI=1S/C28H31N3O4/c1-19(33)28-29-13-14-31(28)26(17-32)10-5-21-3-6-23(7-4-21)24-8-11-27(12-9-24)35-18-22-15-25(16-22)30-20(2)34/h3-4,6-9,11-14,19,22,25-26,32-33H,15-18H2,1-2H3,(H,30,34)/t19-,22?,25?,26-/m0/s1. The van der Waals surface area contributed by atoms with Gasteiger partial charge in [-0.2, -0.15) is 0 Å². The number of benzene rings is 2. The molecule has 0 aliphatic heterocycles.